The van der Waals surface area contributed by atoms with E-state index in [4.69, 9.17) is 0 Å². The number of para-hydroxylation sites is 1. The van der Waals surface area contributed by atoms with Crippen LogP contribution in [0.15, 0.2) is 195 Å². The van der Waals surface area contributed by atoms with Gasteiger partial charge >= 0.3 is 0 Å². The highest BCUT2D eigenvalue weighted by Gasteiger charge is 2.22. The number of hydrogen-bond acceptors (Lipinski definition) is 0. The predicted octanol–water partition coefficient (Wildman–Crippen LogP) is 12.4. The number of fused-ring (bicyclic) bond motifs is 4. The average Bonchev–Trinajstić information content (AvgIpc) is 3.73. The first-order chi connectivity index (χ1) is 30.1. The fraction of sp³-hybridized carbons (Fsp3) is 0.0500. The van der Waals surface area contributed by atoms with Gasteiger partial charge in [0.15, 0.2) is 0 Å². The molecule has 1 heteroatoms. The summed E-state index contributed by atoms with van der Waals surface area (Å²) in [7, 11) is 0. The van der Waals surface area contributed by atoms with Crippen LogP contribution in [-0.4, -0.2) is 4.57 Å². The molecule has 10 aromatic carbocycles. The van der Waals surface area contributed by atoms with Crippen molar-refractivity contribution in [3.8, 4) is 16.9 Å². The van der Waals surface area contributed by atoms with Gasteiger partial charge in [0.25, 0.3) is 0 Å². The summed E-state index contributed by atoms with van der Waals surface area (Å²) in [5.74, 6) is 0. The number of hydrogen-bond donors (Lipinski definition) is 0. The molecule has 0 saturated carbocycles. The standard InChI is InChI=1S/C60H43N/c1-4-40-27-26-39(34-42(40)6-3)35-47-18-12-13-23-51(47)57(49-33-29-43-16-10-11-17-46(43)36-49)54-37-48(32-28-41(54)5-2)56-38-55-52-24-14-19-44-30-31-45-20-15-25-53(59(45)58(44)52)60(55)61(56)50-21-8-7-9-22-50/h4,7-38H,3,5H2,1-2H3/b40-4-,47-35+,57-51-. The minimum atomic E-state index is 0.890. The maximum absolute atomic E-state index is 4.00. The number of nitrogens with zero attached hydrogens (tertiary/aromatic N) is 1. The van der Waals surface area contributed by atoms with E-state index >= 15 is 0 Å². The lowest BCUT2D eigenvalue weighted by molar-refractivity contribution is 1.12. The molecule has 0 amide bonds. The molecule has 0 saturated heterocycles. The van der Waals surface area contributed by atoms with Gasteiger partial charge in [-0.25, -0.2) is 0 Å². The highest BCUT2D eigenvalue weighted by atomic mass is 15.0. The lowest BCUT2D eigenvalue weighted by Gasteiger charge is -2.18. The van der Waals surface area contributed by atoms with E-state index in [0.717, 1.165) is 33.3 Å². The summed E-state index contributed by atoms with van der Waals surface area (Å²) < 4.78 is 2.51. The molecule has 1 aromatic heterocycles. The van der Waals surface area contributed by atoms with Gasteiger partial charge < -0.3 is 4.57 Å². The number of benzene rings is 10. The molecule has 0 radical (unpaired) electrons. The fourth-order valence-electron chi connectivity index (χ4n) is 9.79. The third-order valence-corrected chi connectivity index (χ3v) is 12.7. The molecular weight excluding hydrogens is 735 g/mol. The van der Waals surface area contributed by atoms with Gasteiger partial charge in [-0.05, 0) is 143 Å². The lowest BCUT2D eigenvalue weighted by Crippen LogP contribution is -2.28. The average molecular weight is 778 g/mol. The maximum Gasteiger partial charge on any atom is 0.0620 e. The van der Waals surface area contributed by atoms with E-state index < -0.39 is 0 Å². The Morgan fingerprint density at radius 2 is 1.28 bits per heavy atom. The Balaban J connectivity index is 1.26. The highest BCUT2D eigenvalue weighted by Crippen LogP contribution is 2.45. The minimum Gasteiger partial charge on any atom is -0.309 e. The molecule has 0 aliphatic carbocycles. The molecule has 11 aromatic rings. The molecular formula is C60H43N. The summed E-state index contributed by atoms with van der Waals surface area (Å²) >= 11 is 0. The molecule has 0 spiro atoms. The maximum atomic E-state index is 4.00. The Hall–Kier alpha value is -7.70. The zero-order valence-electron chi connectivity index (χ0n) is 34.4. The first kappa shape index (κ1) is 36.4. The van der Waals surface area contributed by atoms with Crippen LogP contribution in [0.5, 0.6) is 0 Å². The Bertz CT molecular complexity index is 3800. The summed E-state index contributed by atoms with van der Waals surface area (Å²) in [5, 5.41) is 16.0. The van der Waals surface area contributed by atoms with Crippen molar-refractivity contribution in [3.63, 3.8) is 0 Å². The van der Waals surface area contributed by atoms with Crippen LogP contribution >= 0.6 is 0 Å². The summed E-state index contributed by atoms with van der Waals surface area (Å²) in [6.45, 7) is 8.34. The van der Waals surface area contributed by atoms with E-state index in [-0.39, 0.29) is 0 Å². The molecule has 61 heavy (non-hydrogen) atoms. The molecule has 0 atom stereocenters. The van der Waals surface area contributed by atoms with E-state index in [1.54, 1.807) is 0 Å². The Labute approximate surface area is 355 Å². The quantitative estimate of drug-likeness (QED) is 0.148. The van der Waals surface area contributed by atoms with Crippen LogP contribution in [0.25, 0.3) is 94.4 Å². The number of rotatable bonds is 6. The molecule has 0 bridgehead atoms. The molecule has 1 heterocycles. The van der Waals surface area contributed by atoms with E-state index in [2.05, 4.69) is 231 Å². The first-order valence-corrected chi connectivity index (χ1v) is 21.3. The molecule has 1 nitrogen and oxygen atoms in total. The predicted molar refractivity (Wildman–Crippen MR) is 261 cm³/mol. The van der Waals surface area contributed by atoms with Gasteiger partial charge in [0.1, 0.15) is 0 Å². The van der Waals surface area contributed by atoms with Crippen molar-refractivity contribution in [3.05, 3.63) is 238 Å². The smallest absolute Gasteiger partial charge is 0.0620 e. The van der Waals surface area contributed by atoms with Crippen molar-refractivity contribution in [2.24, 2.45) is 0 Å². The molecule has 0 N–H and O–H groups in total. The Morgan fingerprint density at radius 1 is 0.574 bits per heavy atom. The van der Waals surface area contributed by atoms with Crippen molar-refractivity contribution < 1.29 is 0 Å². The van der Waals surface area contributed by atoms with Crippen LogP contribution < -0.4 is 20.9 Å². The van der Waals surface area contributed by atoms with Crippen molar-refractivity contribution in [1.29, 1.82) is 0 Å². The van der Waals surface area contributed by atoms with Crippen LogP contribution in [0.1, 0.15) is 36.1 Å². The van der Waals surface area contributed by atoms with Crippen molar-refractivity contribution in [1.82, 2.24) is 4.57 Å². The normalized spacial score (nSPS) is 13.0. The van der Waals surface area contributed by atoms with Gasteiger partial charge in [0.05, 0.1) is 11.2 Å². The summed E-state index contributed by atoms with van der Waals surface area (Å²) in [6.07, 6.45) is 5.31. The molecule has 288 valence electrons. The fourth-order valence-corrected chi connectivity index (χ4v) is 9.79. The van der Waals surface area contributed by atoms with Gasteiger partial charge in [-0.2, -0.15) is 0 Å². The largest absolute Gasteiger partial charge is 0.309 e. The Morgan fingerprint density at radius 3 is 2.07 bits per heavy atom. The van der Waals surface area contributed by atoms with E-state index in [0.29, 0.717) is 0 Å². The monoisotopic (exact) mass is 777 g/mol. The van der Waals surface area contributed by atoms with Gasteiger partial charge in [-0.3, -0.25) is 0 Å². The number of aromatic nitrogens is 1. The van der Waals surface area contributed by atoms with Crippen LogP contribution in [-0.2, 0) is 6.42 Å². The zero-order chi connectivity index (χ0) is 41.0. The van der Waals surface area contributed by atoms with Crippen LogP contribution in [0.3, 0.4) is 0 Å². The van der Waals surface area contributed by atoms with Crippen LogP contribution in [0, 0.1) is 0 Å². The summed E-state index contributed by atoms with van der Waals surface area (Å²) in [4.78, 5) is 0. The summed E-state index contributed by atoms with van der Waals surface area (Å²) in [5.41, 5.74) is 13.9. The van der Waals surface area contributed by atoms with Gasteiger partial charge in [0.2, 0.25) is 0 Å². The zero-order valence-corrected chi connectivity index (χ0v) is 34.4. The molecule has 0 aliphatic heterocycles. The Kier molecular flexibility index (Phi) is 8.85. The third-order valence-electron chi connectivity index (χ3n) is 12.7. The molecule has 0 unspecified atom stereocenters. The minimum absolute atomic E-state index is 0.890. The van der Waals surface area contributed by atoms with E-state index in [9.17, 15) is 0 Å². The van der Waals surface area contributed by atoms with Crippen LogP contribution in [0.2, 0.25) is 0 Å². The molecule has 0 aliphatic rings. The van der Waals surface area contributed by atoms with Crippen molar-refractivity contribution in [2.45, 2.75) is 20.3 Å². The third kappa shape index (κ3) is 6.02. The SMILES string of the molecule is C=C=c1cc(/C=c2\cccc\c2=C(/c2ccc3ccccc3c2)c2cc(-c3cc4c5cccc6ccc7cccc(c7c65)c4n3-c3ccccc3)ccc2CC)cc/c1=C/C. The second-order valence-corrected chi connectivity index (χ2v) is 16.0. The van der Waals surface area contributed by atoms with Crippen LogP contribution in [0.4, 0.5) is 0 Å². The van der Waals surface area contributed by atoms with E-state index in [1.807, 2.05) is 0 Å². The lowest BCUT2D eigenvalue weighted by atomic mass is 9.87. The molecule has 0 fully saturated rings. The highest BCUT2D eigenvalue weighted by molar-refractivity contribution is 6.33. The molecule has 11 rings (SSSR count). The summed E-state index contributed by atoms with van der Waals surface area (Å²) in [6, 6.07) is 69.6. The topological polar surface area (TPSA) is 4.93 Å². The van der Waals surface area contributed by atoms with Crippen molar-refractivity contribution >= 4 is 77.4 Å². The van der Waals surface area contributed by atoms with Crippen molar-refractivity contribution in [2.75, 3.05) is 0 Å². The first-order valence-electron chi connectivity index (χ1n) is 21.3. The number of aryl methyl sites for hydroxylation is 1. The van der Waals surface area contributed by atoms with Gasteiger partial charge in [-0.1, -0.05) is 171 Å². The second kappa shape index (κ2) is 14.8. The van der Waals surface area contributed by atoms with Gasteiger partial charge in [-0.15, -0.1) is 5.73 Å². The second-order valence-electron chi connectivity index (χ2n) is 16.0. The van der Waals surface area contributed by atoms with E-state index in [1.165, 1.54) is 92.7 Å². The van der Waals surface area contributed by atoms with Gasteiger partial charge in [0, 0.05) is 21.7 Å².